The van der Waals surface area contributed by atoms with Crippen LogP contribution < -0.4 is 19.7 Å². The number of carbonyl (C=O) groups excluding carboxylic acids is 1. The van der Waals surface area contributed by atoms with Crippen LogP contribution in [0, 0.1) is 0 Å². The average molecular weight is 421 g/mol. The van der Waals surface area contributed by atoms with Gasteiger partial charge in [-0.25, -0.2) is 0 Å². The first kappa shape index (κ1) is 21.3. The number of anilines is 1. The Morgan fingerprint density at radius 1 is 1.10 bits per heavy atom. The fourth-order valence-electron chi connectivity index (χ4n) is 4.70. The third kappa shape index (κ3) is 3.56. The number of nitrogens with zero attached hydrogens (tertiary/aromatic N) is 1. The highest BCUT2D eigenvalue weighted by Crippen LogP contribution is 2.52. The van der Waals surface area contributed by atoms with Crippen molar-refractivity contribution in [3.63, 3.8) is 0 Å². The van der Waals surface area contributed by atoms with Gasteiger partial charge in [0.25, 0.3) is 0 Å². The Bertz CT molecular complexity index is 998. The van der Waals surface area contributed by atoms with Crippen LogP contribution >= 0.6 is 0 Å². The molecule has 4 rings (SSSR count). The maximum Gasteiger partial charge on any atom is 0.241 e. The topological polar surface area (TPSA) is 50.8 Å². The van der Waals surface area contributed by atoms with Crippen molar-refractivity contribution in [3.05, 3.63) is 59.7 Å². The normalized spacial score (nSPS) is 21.2. The molecule has 5 nitrogen and oxygen atoms in total. The Labute approximate surface area is 185 Å². The van der Waals surface area contributed by atoms with Crippen molar-refractivity contribution < 1.29 is 14.3 Å². The second kappa shape index (κ2) is 8.29. The van der Waals surface area contributed by atoms with Crippen molar-refractivity contribution in [2.45, 2.75) is 51.6 Å². The third-order valence-electron chi connectivity index (χ3n) is 6.42. The van der Waals surface area contributed by atoms with Crippen LogP contribution in [0.4, 0.5) is 5.69 Å². The summed E-state index contributed by atoms with van der Waals surface area (Å²) in [5.74, 6) is 1.57. The number of hydrogen-bond donors (Lipinski definition) is 1. The fourth-order valence-corrected chi connectivity index (χ4v) is 4.70. The van der Waals surface area contributed by atoms with E-state index in [0.29, 0.717) is 19.8 Å². The van der Waals surface area contributed by atoms with Gasteiger partial charge in [0.05, 0.1) is 19.8 Å². The number of amides is 1. The second-order valence-electron chi connectivity index (χ2n) is 8.72. The van der Waals surface area contributed by atoms with E-state index in [1.54, 1.807) is 0 Å². The van der Waals surface area contributed by atoms with Crippen molar-refractivity contribution in [1.82, 2.24) is 5.32 Å². The highest BCUT2D eigenvalue weighted by atomic mass is 16.5. The minimum Gasteiger partial charge on any atom is -0.490 e. The first-order chi connectivity index (χ1) is 14.9. The predicted octanol–water partition coefficient (Wildman–Crippen LogP) is 4.90. The van der Waals surface area contributed by atoms with Gasteiger partial charge >= 0.3 is 0 Å². The summed E-state index contributed by atoms with van der Waals surface area (Å²) in [6.07, 6.45) is 6.30. The van der Waals surface area contributed by atoms with Gasteiger partial charge < -0.3 is 19.7 Å². The van der Waals surface area contributed by atoms with Gasteiger partial charge in [0, 0.05) is 11.1 Å². The number of fused-ring (bicyclic) bond motifs is 3. The lowest BCUT2D eigenvalue weighted by Crippen LogP contribution is -2.58. The molecule has 1 N–H and O–H groups in total. The van der Waals surface area contributed by atoms with Crippen LogP contribution in [0.2, 0.25) is 0 Å². The molecule has 1 amide bonds. The number of para-hydroxylation sites is 1. The zero-order valence-corrected chi connectivity index (χ0v) is 18.9. The van der Waals surface area contributed by atoms with E-state index in [2.05, 4.69) is 61.3 Å². The molecule has 164 valence electrons. The highest BCUT2D eigenvalue weighted by Gasteiger charge is 2.59. The molecule has 2 aromatic carbocycles. The summed E-state index contributed by atoms with van der Waals surface area (Å²) < 4.78 is 11.7. The third-order valence-corrected chi connectivity index (χ3v) is 6.42. The van der Waals surface area contributed by atoms with Gasteiger partial charge in [-0.15, -0.1) is 0 Å². The van der Waals surface area contributed by atoms with Gasteiger partial charge in [0.1, 0.15) is 5.66 Å². The van der Waals surface area contributed by atoms with E-state index in [0.717, 1.165) is 35.6 Å². The number of carbonyl (C=O) groups is 1. The maximum absolute atomic E-state index is 12.5. The van der Waals surface area contributed by atoms with Crippen LogP contribution in [0.25, 0.3) is 6.08 Å². The highest BCUT2D eigenvalue weighted by molar-refractivity contribution is 5.91. The molecule has 0 bridgehead atoms. The minimum atomic E-state index is -0.601. The van der Waals surface area contributed by atoms with Crippen LogP contribution in [0.1, 0.15) is 51.7 Å². The van der Waals surface area contributed by atoms with Gasteiger partial charge in [-0.1, -0.05) is 57.5 Å². The zero-order valence-electron chi connectivity index (χ0n) is 18.9. The molecule has 1 atom stereocenters. The quantitative estimate of drug-likeness (QED) is 0.617. The van der Waals surface area contributed by atoms with Crippen LogP contribution in [-0.2, 0) is 10.2 Å². The SMILES string of the molecule is CCCCOc1ccc(/C=C/C23NC(=O)CN2c2ccccc2C3(C)C)cc1OCC. The first-order valence-corrected chi connectivity index (χ1v) is 11.2. The summed E-state index contributed by atoms with van der Waals surface area (Å²) in [6, 6.07) is 14.4. The fraction of sp³-hybridized carbons (Fsp3) is 0.423. The van der Waals surface area contributed by atoms with Crippen LogP contribution in [-0.4, -0.2) is 31.3 Å². The molecule has 2 aromatic rings. The summed E-state index contributed by atoms with van der Waals surface area (Å²) in [5, 5.41) is 3.27. The molecule has 1 fully saturated rings. The largest absolute Gasteiger partial charge is 0.490 e. The number of nitrogens with one attached hydrogen (secondary N) is 1. The summed E-state index contributed by atoms with van der Waals surface area (Å²) in [7, 11) is 0. The van der Waals surface area contributed by atoms with Crippen LogP contribution in [0.15, 0.2) is 48.5 Å². The Kier molecular flexibility index (Phi) is 5.69. The molecule has 5 heteroatoms. The molecule has 0 spiro atoms. The zero-order chi connectivity index (χ0) is 22.1. The van der Waals surface area contributed by atoms with E-state index in [1.807, 2.05) is 31.2 Å². The Hall–Kier alpha value is -2.95. The number of benzene rings is 2. The molecule has 2 aliphatic heterocycles. The average Bonchev–Trinajstić information content (AvgIpc) is 3.19. The number of unbranched alkanes of at least 4 members (excludes halogenated alkanes) is 1. The number of rotatable bonds is 8. The van der Waals surface area contributed by atoms with Crippen molar-refractivity contribution in [1.29, 1.82) is 0 Å². The van der Waals surface area contributed by atoms with Crippen molar-refractivity contribution in [2.75, 3.05) is 24.7 Å². The molecule has 0 aromatic heterocycles. The van der Waals surface area contributed by atoms with Gasteiger partial charge in [0.2, 0.25) is 5.91 Å². The van der Waals surface area contributed by atoms with Gasteiger partial charge in [-0.2, -0.15) is 0 Å². The van der Waals surface area contributed by atoms with Crippen molar-refractivity contribution >= 4 is 17.7 Å². The summed E-state index contributed by atoms with van der Waals surface area (Å²) >= 11 is 0. The van der Waals surface area contributed by atoms with E-state index in [9.17, 15) is 4.79 Å². The van der Waals surface area contributed by atoms with E-state index >= 15 is 0 Å². The van der Waals surface area contributed by atoms with Crippen LogP contribution in [0.3, 0.4) is 0 Å². The van der Waals surface area contributed by atoms with Crippen LogP contribution in [0.5, 0.6) is 11.5 Å². The van der Waals surface area contributed by atoms with Gasteiger partial charge in [-0.05, 0) is 48.7 Å². The number of ether oxygens (including phenoxy) is 2. The molecule has 1 unspecified atom stereocenters. The monoisotopic (exact) mass is 420 g/mol. The Morgan fingerprint density at radius 3 is 2.68 bits per heavy atom. The van der Waals surface area contributed by atoms with E-state index in [-0.39, 0.29) is 11.3 Å². The summed E-state index contributed by atoms with van der Waals surface area (Å²) in [6.45, 7) is 10.1. The van der Waals surface area contributed by atoms with Crippen molar-refractivity contribution in [3.8, 4) is 11.5 Å². The van der Waals surface area contributed by atoms with E-state index in [1.165, 1.54) is 5.56 Å². The maximum atomic E-state index is 12.5. The molecular formula is C26H32N2O3. The molecule has 0 aliphatic carbocycles. The van der Waals surface area contributed by atoms with Gasteiger partial charge in [0.15, 0.2) is 11.5 Å². The second-order valence-corrected chi connectivity index (χ2v) is 8.72. The Balaban J connectivity index is 1.67. The van der Waals surface area contributed by atoms with E-state index < -0.39 is 5.66 Å². The molecule has 31 heavy (non-hydrogen) atoms. The predicted molar refractivity (Wildman–Crippen MR) is 125 cm³/mol. The lowest BCUT2D eigenvalue weighted by Gasteiger charge is -2.40. The Morgan fingerprint density at radius 2 is 1.90 bits per heavy atom. The molecule has 0 saturated carbocycles. The summed E-state index contributed by atoms with van der Waals surface area (Å²) in [4.78, 5) is 14.6. The lowest BCUT2D eigenvalue weighted by molar-refractivity contribution is -0.118. The smallest absolute Gasteiger partial charge is 0.241 e. The molecule has 2 aliphatic rings. The summed E-state index contributed by atoms with van der Waals surface area (Å²) in [5.41, 5.74) is 2.49. The standard InChI is InChI=1S/C26H32N2O3/c1-5-7-16-31-22-13-12-19(17-23(22)30-6-2)14-15-26-25(3,4)20-10-8-9-11-21(20)28(26)18-24(29)27-26/h8-15,17H,5-7,16,18H2,1-4H3,(H,27,29)/b15-14+. The molecular weight excluding hydrogens is 388 g/mol. The van der Waals surface area contributed by atoms with E-state index in [4.69, 9.17) is 9.47 Å². The molecule has 2 heterocycles. The minimum absolute atomic E-state index is 0.0434. The molecule has 0 radical (unpaired) electrons. The van der Waals surface area contributed by atoms with Crippen molar-refractivity contribution in [2.24, 2.45) is 0 Å². The number of hydrogen-bond acceptors (Lipinski definition) is 4. The first-order valence-electron chi connectivity index (χ1n) is 11.2. The van der Waals surface area contributed by atoms with Gasteiger partial charge in [-0.3, -0.25) is 4.79 Å². The lowest BCUT2D eigenvalue weighted by atomic mass is 9.75. The molecule has 1 saturated heterocycles.